The lowest BCUT2D eigenvalue weighted by molar-refractivity contribution is -0.140. The van der Waals surface area contributed by atoms with Gasteiger partial charge in [0.2, 0.25) is 5.91 Å². The number of hydrogen-bond acceptors (Lipinski definition) is 4. The first-order valence-electron chi connectivity index (χ1n) is 6.97. The first kappa shape index (κ1) is 16.0. The second kappa shape index (κ2) is 5.32. The van der Waals surface area contributed by atoms with Gasteiger partial charge in [-0.2, -0.15) is 0 Å². The van der Waals surface area contributed by atoms with Gasteiger partial charge in [-0.15, -0.1) is 0 Å². The Morgan fingerprint density at radius 1 is 1.26 bits per heavy atom. The van der Waals surface area contributed by atoms with E-state index in [-0.39, 0.29) is 29.2 Å². The van der Waals surface area contributed by atoms with Crippen LogP contribution in [0.3, 0.4) is 0 Å². The van der Waals surface area contributed by atoms with Crippen molar-refractivity contribution in [1.82, 2.24) is 14.9 Å². The van der Waals surface area contributed by atoms with E-state index in [9.17, 15) is 14.4 Å². The molecule has 120 valence electrons. The summed E-state index contributed by atoms with van der Waals surface area (Å²) in [6, 6.07) is 2.98. The maximum atomic E-state index is 12.9. The number of aryl methyl sites for hydroxylation is 1. The molecule has 0 bridgehead atoms. The van der Waals surface area contributed by atoms with Crippen LogP contribution in [0.1, 0.15) is 25.6 Å². The number of imide groups is 1. The zero-order valence-corrected chi connectivity index (χ0v) is 14.0. The van der Waals surface area contributed by atoms with Gasteiger partial charge >= 0.3 is 0 Å². The molecule has 1 N–H and O–H groups in total. The minimum Gasteiger partial charge on any atom is -0.294 e. The summed E-state index contributed by atoms with van der Waals surface area (Å²) in [6.45, 7) is 3.24. The molecule has 2 aromatic rings. The number of piperidine rings is 1. The Kier molecular flexibility index (Phi) is 3.69. The summed E-state index contributed by atoms with van der Waals surface area (Å²) < 4.78 is 1.31. The summed E-state index contributed by atoms with van der Waals surface area (Å²) in [5.74, 6) is -0.523. The van der Waals surface area contributed by atoms with Gasteiger partial charge in [-0.05, 0) is 32.4 Å². The maximum Gasteiger partial charge on any atom is 0.262 e. The van der Waals surface area contributed by atoms with Crippen molar-refractivity contribution in [2.24, 2.45) is 0 Å². The number of hydrogen-bond donors (Lipinski definition) is 1. The zero-order chi connectivity index (χ0) is 16.9. The molecule has 0 saturated carbocycles. The normalized spacial score (nSPS) is 21.6. The van der Waals surface area contributed by atoms with Crippen LogP contribution in [0.5, 0.6) is 0 Å². The molecular weight excluding hydrogens is 341 g/mol. The highest BCUT2D eigenvalue weighted by Crippen LogP contribution is 2.29. The minimum atomic E-state index is -1.19. The molecule has 1 aromatic heterocycles. The third-order valence-electron chi connectivity index (χ3n) is 4.13. The number of nitrogens with one attached hydrogen (secondary N) is 1. The van der Waals surface area contributed by atoms with Gasteiger partial charge in [-0.25, -0.2) is 4.98 Å². The fourth-order valence-corrected chi connectivity index (χ4v) is 3.45. The highest BCUT2D eigenvalue weighted by molar-refractivity contribution is 6.38. The largest absolute Gasteiger partial charge is 0.294 e. The highest BCUT2D eigenvalue weighted by Gasteiger charge is 2.42. The number of benzene rings is 1. The average molecular weight is 354 g/mol. The molecule has 1 aliphatic heterocycles. The van der Waals surface area contributed by atoms with Crippen LogP contribution in [0.25, 0.3) is 10.9 Å². The standard InChI is InChI=1S/C15H13Cl2N3O3/c1-7-18-12-9(5-8(16)6-10(12)17)13(22)20(7)15(2)4-3-11(21)19-14(15)23/h5-6H,3-4H2,1-2H3,(H,19,21,23)/t15-/m1/s1. The Morgan fingerprint density at radius 3 is 2.61 bits per heavy atom. The monoisotopic (exact) mass is 353 g/mol. The second-order valence-electron chi connectivity index (χ2n) is 5.73. The molecule has 1 atom stereocenters. The van der Waals surface area contributed by atoms with Crippen molar-refractivity contribution in [2.45, 2.75) is 32.2 Å². The Morgan fingerprint density at radius 2 is 1.96 bits per heavy atom. The molecule has 2 heterocycles. The van der Waals surface area contributed by atoms with E-state index in [1.807, 2.05) is 0 Å². The zero-order valence-electron chi connectivity index (χ0n) is 12.4. The lowest BCUT2D eigenvalue weighted by atomic mass is 9.90. The average Bonchev–Trinajstić information content (AvgIpc) is 2.45. The van der Waals surface area contributed by atoms with Crippen LogP contribution in [0.2, 0.25) is 10.0 Å². The third-order valence-corrected chi connectivity index (χ3v) is 4.64. The number of rotatable bonds is 1. The first-order valence-corrected chi connectivity index (χ1v) is 7.73. The quantitative estimate of drug-likeness (QED) is 0.796. The topological polar surface area (TPSA) is 81.1 Å². The molecule has 0 aliphatic carbocycles. The summed E-state index contributed by atoms with van der Waals surface area (Å²) in [5.41, 5.74) is -1.26. The van der Waals surface area contributed by atoms with E-state index in [4.69, 9.17) is 23.2 Å². The fourth-order valence-electron chi connectivity index (χ4n) is 2.91. The molecule has 1 saturated heterocycles. The number of aromatic nitrogens is 2. The van der Waals surface area contributed by atoms with Gasteiger partial charge in [0.15, 0.2) is 0 Å². The Labute approximate surface area is 141 Å². The number of amides is 2. The summed E-state index contributed by atoms with van der Waals surface area (Å²) in [7, 11) is 0. The molecule has 0 unspecified atom stereocenters. The van der Waals surface area contributed by atoms with E-state index in [1.165, 1.54) is 16.7 Å². The third kappa shape index (κ3) is 2.42. The van der Waals surface area contributed by atoms with E-state index in [0.29, 0.717) is 16.4 Å². The smallest absolute Gasteiger partial charge is 0.262 e. The maximum absolute atomic E-state index is 12.9. The van der Waals surface area contributed by atoms with Crippen LogP contribution >= 0.6 is 23.2 Å². The van der Waals surface area contributed by atoms with Crippen LogP contribution < -0.4 is 10.9 Å². The second-order valence-corrected chi connectivity index (χ2v) is 6.58. The summed E-state index contributed by atoms with van der Waals surface area (Å²) >= 11 is 12.1. The van der Waals surface area contributed by atoms with E-state index in [1.54, 1.807) is 13.8 Å². The summed E-state index contributed by atoms with van der Waals surface area (Å²) in [4.78, 5) is 41.0. The van der Waals surface area contributed by atoms with E-state index >= 15 is 0 Å². The van der Waals surface area contributed by atoms with Crippen LogP contribution in [0, 0.1) is 6.92 Å². The van der Waals surface area contributed by atoms with Crippen molar-refractivity contribution >= 4 is 45.9 Å². The SMILES string of the molecule is Cc1nc2c(Cl)cc(Cl)cc2c(=O)n1[C@]1(C)CCC(=O)NC1=O. The van der Waals surface area contributed by atoms with Gasteiger partial charge in [0.05, 0.1) is 15.9 Å². The molecule has 0 spiro atoms. The number of carbonyl (C=O) groups excluding carboxylic acids is 2. The molecule has 8 heteroatoms. The van der Waals surface area contributed by atoms with Crippen molar-refractivity contribution in [3.63, 3.8) is 0 Å². The van der Waals surface area contributed by atoms with Crippen molar-refractivity contribution < 1.29 is 9.59 Å². The predicted molar refractivity (Wildman–Crippen MR) is 86.8 cm³/mol. The van der Waals surface area contributed by atoms with Crippen molar-refractivity contribution in [2.75, 3.05) is 0 Å². The van der Waals surface area contributed by atoms with Crippen molar-refractivity contribution in [1.29, 1.82) is 0 Å². The molecule has 1 fully saturated rings. The molecule has 2 amide bonds. The Hall–Kier alpha value is -1.92. The summed E-state index contributed by atoms with van der Waals surface area (Å²) in [5, 5.41) is 3.09. The lowest BCUT2D eigenvalue weighted by Gasteiger charge is -2.34. The van der Waals surface area contributed by atoms with Crippen molar-refractivity contribution in [3.05, 3.63) is 38.4 Å². The van der Waals surface area contributed by atoms with Gasteiger partial charge in [-0.3, -0.25) is 24.3 Å². The predicted octanol–water partition coefficient (Wildman–Crippen LogP) is 2.16. The molecule has 1 aromatic carbocycles. The highest BCUT2D eigenvalue weighted by atomic mass is 35.5. The molecule has 6 nitrogen and oxygen atoms in total. The van der Waals surface area contributed by atoms with Crippen LogP contribution in [0.4, 0.5) is 0 Å². The van der Waals surface area contributed by atoms with Gasteiger partial charge in [0.1, 0.15) is 11.4 Å². The van der Waals surface area contributed by atoms with Crippen molar-refractivity contribution in [3.8, 4) is 0 Å². The molecular formula is C15H13Cl2N3O3. The molecule has 0 radical (unpaired) electrons. The Balaban J connectivity index is 2.32. The van der Waals surface area contributed by atoms with E-state index < -0.39 is 17.0 Å². The molecule has 1 aliphatic rings. The number of fused-ring (bicyclic) bond motifs is 1. The van der Waals surface area contributed by atoms with Gasteiger partial charge in [0, 0.05) is 11.4 Å². The van der Waals surface area contributed by atoms with E-state index in [2.05, 4.69) is 10.3 Å². The first-order chi connectivity index (χ1) is 10.7. The van der Waals surface area contributed by atoms with Crippen LogP contribution in [0.15, 0.2) is 16.9 Å². The van der Waals surface area contributed by atoms with Gasteiger partial charge in [0.25, 0.3) is 11.5 Å². The van der Waals surface area contributed by atoms with Crippen LogP contribution in [-0.4, -0.2) is 21.4 Å². The number of nitrogens with zero attached hydrogens (tertiary/aromatic N) is 2. The van der Waals surface area contributed by atoms with Gasteiger partial charge < -0.3 is 0 Å². The molecule has 23 heavy (non-hydrogen) atoms. The number of halogens is 2. The fraction of sp³-hybridized carbons (Fsp3) is 0.333. The minimum absolute atomic E-state index is 0.155. The van der Waals surface area contributed by atoms with Crippen LogP contribution in [-0.2, 0) is 15.1 Å². The lowest BCUT2D eigenvalue weighted by Crippen LogP contribution is -2.56. The van der Waals surface area contributed by atoms with E-state index in [0.717, 1.165) is 0 Å². The Bertz CT molecular complexity index is 922. The number of carbonyl (C=O) groups is 2. The summed E-state index contributed by atoms with van der Waals surface area (Å²) in [6.07, 6.45) is 0.377. The molecule has 3 rings (SSSR count). The van der Waals surface area contributed by atoms with Gasteiger partial charge in [-0.1, -0.05) is 23.2 Å².